The predicted octanol–water partition coefficient (Wildman–Crippen LogP) is 5.62. The number of fused-ring (bicyclic) bond motifs is 1. The molecule has 6 nitrogen and oxygen atoms in total. The van der Waals surface area contributed by atoms with Gasteiger partial charge in [0.1, 0.15) is 18.2 Å². The van der Waals surface area contributed by atoms with Crippen molar-refractivity contribution in [1.82, 2.24) is 15.1 Å². The minimum atomic E-state index is -0.371. The molecule has 2 amide bonds. The summed E-state index contributed by atoms with van der Waals surface area (Å²) >= 11 is 1.45. The number of hydrogen-bond acceptors (Lipinski definition) is 4. The van der Waals surface area contributed by atoms with Crippen molar-refractivity contribution in [3.8, 4) is 5.69 Å². The van der Waals surface area contributed by atoms with Gasteiger partial charge in [-0.05, 0) is 49.6 Å². The first kappa shape index (κ1) is 26.9. The molecule has 0 saturated heterocycles. The largest absolute Gasteiger partial charge is 0.355 e. The number of carbonyl (C=O) groups excluding carboxylic acids is 2. The zero-order valence-electron chi connectivity index (χ0n) is 22.4. The monoisotopic (exact) mass is 522 g/mol. The molecule has 0 radical (unpaired) electrons. The van der Waals surface area contributed by atoms with Gasteiger partial charge in [-0.3, -0.25) is 14.5 Å². The number of anilines is 1. The fourth-order valence-corrected chi connectivity index (χ4v) is 5.87. The Labute approximate surface area is 222 Å². The maximum absolute atomic E-state index is 14.4. The summed E-state index contributed by atoms with van der Waals surface area (Å²) in [7, 11) is 0. The molecule has 3 aromatic rings. The molecule has 0 fully saturated rings. The summed E-state index contributed by atoms with van der Waals surface area (Å²) in [5.41, 5.74) is 5.03. The normalized spacial score (nSPS) is 15.9. The van der Waals surface area contributed by atoms with E-state index >= 15 is 0 Å². The van der Waals surface area contributed by atoms with E-state index < -0.39 is 0 Å². The average molecular weight is 523 g/mol. The van der Waals surface area contributed by atoms with E-state index in [0.29, 0.717) is 12.4 Å². The third-order valence-electron chi connectivity index (χ3n) is 6.41. The van der Waals surface area contributed by atoms with Gasteiger partial charge >= 0.3 is 0 Å². The van der Waals surface area contributed by atoms with Gasteiger partial charge in [0.15, 0.2) is 0 Å². The van der Waals surface area contributed by atoms with Crippen LogP contribution in [0.1, 0.15) is 67.3 Å². The maximum Gasteiger partial charge on any atom is 0.240 e. The van der Waals surface area contributed by atoms with E-state index in [2.05, 4.69) is 32.2 Å². The highest BCUT2D eigenvalue weighted by atomic mass is 32.2. The Morgan fingerprint density at radius 2 is 1.95 bits per heavy atom. The van der Waals surface area contributed by atoms with Crippen molar-refractivity contribution < 1.29 is 14.0 Å². The van der Waals surface area contributed by atoms with Crippen molar-refractivity contribution in [2.24, 2.45) is 0 Å². The Kier molecular flexibility index (Phi) is 7.78. The van der Waals surface area contributed by atoms with Gasteiger partial charge in [-0.2, -0.15) is 5.10 Å². The molecule has 0 saturated carbocycles. The summed E-state index contributed by atoms with van der Waals surface area (Å²) in [5.74, 6) is 0.00927. The van der Waals surface area contributed by atoms with E-state index in [1.165, 1.54) is 23.9 Å². The van der Waals surface area contributed by atoms with Crippen LogP contribution in [0.5, 0.6) is 0 Å². The Hall–Kier alpha value is -3.13. The number of hydrogen-bond donors (Lipinski definition) is 1. The Bertz CT molecular complexity index is 1330. The van der Waals surface area contributed by atoms with Crippen molar-refractivity contribution in [2.45, 2.75) is 58.6 Å². The standard InChI is InChI=1S/C29H35FN4O2S/c1-7-13-31-23(35)16-33-24(36)17-37-26(20-9-8-10-21(30)15-20)25-27(29(4,5)6)32-34(28(25)33)22-12-11-18(2)14-19(22)3/h8-12,14-15,26H,7,13,16-17H2,1-6H3,(H,31,35). The van der Waals surface area contributed by atoms with Crippen LogP contribution in [0.15, 0.2) is 42.5 Å². The van der Waals surface area contributed by atoms with Crippen LogP contribution in [0, 0.1) is 19.7 Å². The first-order chi connectivity index (χ1) is 17.5. The third kappa shape index (κ3) is 5.59. The van der Waals surface area contributed by atoms with E-state index in [4.69, 9.17) is 5.10 Å². The molecule has 0 aliphatic carbocycles. The lowest BCUT2D eigenvalue weighted by molar-refractivity contribution is -0.122. The Morgan fingerprint density at radius 1 is 1.19 bits per heavy atom. The molecule has 1 unspecified atom stereocenters. The summed E-state index contributed by atoms with van der Waals surface area (Å²) in [6.45, 7) is 12.7. The number of thioether (sulfide) groups is 1. The van der Waals surface area contributed by atoms with Crippen molar-refractivity contribution in [2.75, 3.05) is 23.7 Å². The lowest BCUT2D eigenvalue weighted by Crippen LogP contribution is -2.42. The van der Waals surface area contributed by atoms with Crippen molar-refractivity contribution in [3.05, 3.63) is 76.2 Å². The summed E-state index contributed by atoms with van der Waals surface area (Å²) in [6.07, 6.45) is 0.803. The number of amides is 2. The first-order valence-electron chi connectivity index (χ1n) is 12.7. The van der Waals surface area contributed by atoms with E-state index in [1.54, 1.807) is 11.0 Å². The lowest BCUT2D eigenvalue weighted by atomic mass is 9.87. The first-order valence-corrected chi connectivity index (χ1v) is 13.7. The number of halogens is 1. The molecule has 0 bridgehead atoms. The molecular weight excluding hydrogens is 487 g/mol. The van der Waals surface area contributed by atoms with E-state index in [9.17, 15) is 14.0 Å². The molecule has 1 aromatic heterocycles. The molecule has 2 aromatic carbocycles. The molecule has 196 valence electrons. The topological polar surface area (TPSA) is 67.2 Å². The van der Waals surface area contributed by atoms with E-state index in [0.717, 1.165) is 40.1 Å². The molecule has 1 aliphatic heterocycles. The van der Waals surface area contributed by atoms with Crippen LogP contribution in [0.3, 0.4) is 0 Å². The molecule has 1 aliphatic rings. The summed E-state index contributed by atoms with van der Waals surface area (Å²) < 4.78 is 16.2. The van der Waals surface area contributed by atoms with Gasteiger partial charge in [-0.25, -0.2) is 9.07 Å². The van der Waals surface area contributed by atoms with Gasteiger partial charge in [0.25, 0.3) is 0 Å². The molecule has 8 heteroatoms. The van der Waals surface area contributed by atoms with Crippen LogP contribution in [-0.2, 0) is 15.0 Å². The van der Waals surface area contributed by atoms with Crippen LogP contribution in [-0.4, -0.2) is 40.4 Å². The molecule has 2 heterocycles. The molecule has 0 spiro atoms. The number of carbonyl (C=O) groups is 2. The van der Waals surface area contributed by atoms with Crippen LogP contribution in [0.4, 0.5) is 10.2 Å². The van der Waals surface area contributed by atoms with E-state index in [1.807, 2.05) is 43.7 Å². The zero-order chi connectivity index (χ0) is 26.9. The highest BCUT2D eigenvalue weighted by Crippen LogP contribution is 2.48. The van der Waals surface area contributed by atoms with Gasteiger partial charge in [0, 0.05) is 17.5 Å². The Balaban J connectivity index is 2.03. The highest BCUT2D eigenvalue weighted by molar-refractivity contribution is 8.00. The highest BCUT2D eigenvalue weighted by Gasteiger charge is 2.40. The molecular formula is C29H35FN4O2S. The Morgan fingerprint density at radius 3 is 2.59 bits per heavy atom. The second kappa shape index (κ2) is 10.7. The van der Waals surface area contributed by atoms with Gasteiger partial charge in [0.2, 0.25) is 11.8 Å². The number of benzene rings is 2. The fourth-order valence-electron chi connectivity index (χ4n) is 4.68. The minimum absolute atomic E-state index is 0.109. The van der Waals surface area contributed by atoms with Crippen LogP contribution in [0.25, 0.3) is 5.69 Å². The minimum Gasteiger partial charge on any atom is -0.355 e. The average Bonchev–Trinajstić information content (AvgIpc) is 3.15. The number of rotatable bonds is 6. The third-order valence-corrected chi connectivity index (χ3v) is 7.66. The fraction of sp³-hybridized carbons (Fsp3) is 0.414. The number of nitrogens with one attached hydrogen (secondary N) is 1. The molecule has 4 rings (SSSR count). The molecule has 1 N–H and O–H groups in total. The molecule has 37 heavy (non-hydrogen) atoms. The molecule has 1 atom stereocenters. The maximum atomic E-state index is 14.4. The SMILES string of the molecule is CCCNC(=O)CN1C(=O)CSC(c2cccc(F)c2)c2c(C(C)(C)C)nn(-c3ccc(C)cc3C)c21. The van der Waals surface area contributed by atoms with Crippen LogP contribution in [0.2, 0.25) is 0 Å². The number of aromatic nitrogens is 2. The second-order valence-electron chi connectivity index (χ2n) is 10.6. The van der Waals surface area contributed by atoms with Gasteiger partial charge in [-0.1, -0.05) is 57.5 Å². The lowest BCUT2D eigenvalue weighted by Gasteiger charge is -2.25. The summed E-state index contributed by atoms with van der Waals surface area (Å²) in [5, 5.41) is 7.67. The number of aryl methyl sites for hydroxylation is 2. The van der Waals surface area contributed by atoms with E-state index in [-0.39, 0.29) is 40.6 Å². The van der Waals surface area contributed by atoms with Crippen LogP contribution >= 0.6 is 11.8 Å². The quantitative estimate of drug-likeness (QED) is 0.456. The predicted molar refractivity (Wildman–Crippen MR) is 148 cm³/mol. The summed E-state index contributed by atoms with van der Waals surface area (Å²) in [6, 6.07) is 12.6. The van der Waals surface area contributed by atoms with Crippen molar-refractivity contribution >= 4 is 29.4 Å². The van der Waals surface area contributed by atoms with Gasteiger partial charge in [-0.15, -0.1) is 11.8 Å². The smallest absolute Gasteiger partial charge is 0.240 e. The number of nitrogens with zero attached hydrogens (tertiary/aromatic N) is 3. The van der Waals surface area contributed by atoms with Crippen molar-refractivity contribution in [3.63, 3.8) is 0 Å². The zero-order valence-corrected chi connectivity index (χ0v) is 23.2. The summed E-state index contributed by atoms with van der Waals surface area (Å²) in [4.78, 5) is 28.1. The van der Waals surface area contributed by atoms with Crippen molar-refractivity contribution in [1.29, 1.82) is 0 Å². The second-order valence-corrected chi connectivity index (χ2v) is 11.7. The van der Waals surface area contributed by atoms with Crippen LogP contribution < -0.4 is 10.2 Å². The van der Waals surface area contributed by atoms with Gasteiger partial charge < -0.3 is 5.32 Å². The van der Waals surface area contributed by atoms with Gasteiger partial charge in [0.05, 0.1) is 22.4 Å².